The van der Waals surface area contributed by atoms with Crippen LogP contribution in [-0.2, 0) is 17.3 Å². The number of morpholine rings is 1. The van der Waals surface area contributed by atoms with Gasteiger partial charge in [-0.15, -0.1) is 0 Å². The molecule has 0 amide bonds. The SMILES string of the molecule is CN1C2COCC1CC(O)(Cc1ccc(F)c(C(F)(F)F)c1)C2. The third-order valence-corrected chi connectivity index (χ3v) is 4.87. The van der Waals surface area contributed by atoms with Crippen LogP contribution in [0.5, 0.6) is 0 Å². The van der Waals surface area contributed by atoms with Crippen molar-refractivity contribution in [3.05, 3.63) is 35.1 Å². The van der Waals surface area contributed by atoms with Gasteiger partial charge in [0, 0.05) is 18.5 Å². The molecular formula is C16H19F4NO2. The van der Waals surface area contributed by atoms with Crippen LogP contribution >= 0.6 is 0 Å². The van der Waals surface area contributed by atoms with Crippen molar-refractivity contribution in [2.24, 2.45) is 0 Å². The first-order chi connectivity index (χ1) is 10.7. The average Bonchev–Trinajstić information content (AvgIpc) is 2.42. The number of nitrogens with zero attached hydrogens (tertiary/aromatic N) is 1. The Balaban J connectivity index is 1.82. The van der Waals surface area contributed by atoms with Gasteiger partial charge in [0.05, 0.1) is 24.4 Å². The molecule has 7 heteroatoms. The lowest BCUT2D eigenvalue weighted by atomic mass is 9.78. The molecule has 0 radical (unpaired) electrons. The maximum Gasteiger partial charge on any atom is 0.419 e. The summed E-state index contributed by atoms with van der Waals surface area (Å²) >= 11 is 0. The number of aliphatic hydroxyl groups is 1. The molecule has 2 aliphatic rings. The van der Waals surface area contributed by atoms with Gasteiger partial charge in [0.2, 0.25) is 0 Å². The Morgan fingerprint density at radius 1 is 1.26 bits per heavy atom. The van der Waals surface area contributed by atoms with Gasteiger partial charge in [-0.25, -0.2) is 4.39 Å². The normalized spacial score (nSPS) is 32.1. The zero-order valence-corrected chi connectivity index (χ0v) is 12.7. The first-order valence-corrected chi connectivity index (χ1v) is 7.56. The van der Waals surface area contributed by atoms with Gasteiger partial charge in [0.25, 0.3) is 0 Å². The van der Waals surface area contributed by atoms with Crippen LogP contribution in [0.1, 0.15) is 24.0 Å². The van der Waals surface area contributed by atoms with Crippen molar-refractivity contribution in [1.82, 2.24) is 4.90 Å². The Morgan fingerprint density at radius 3 is 2.43 bits per heavy atom. The van der Waals surface area contributed by atoms with E-state index >= 15 is 0 Å². The minimum absolute atomic E-state index is 0.0510. The van der Waals surface area contributed by atoms with Gasteiger partial charge in [-0.2, -0.15) is 13.2 Å². The zero-order valence-electron chi connectivity index (χ0n) is 12.7. The summed E-state index contributed by atoms with van der Waals surface area (Å²) < 4.78 is 57.3. The number of likely N-dealkylation sites (N-methyl/N-ethyl adjacent to an activating group) is 1. The highest BCUT2D eigenvalue weighted by Gasteiger charge is 2.45. The Kier molecular flexibility index (Phi) is 4.14. The summed E-state index contributed by atoms with van der Waals surface area (Å²) in [4.78, 5) is 2.16. The monoisotopic (exact) mass is 333 g/mol. The predicted octanol–water partition coefficient (Wildman–Crippen LogP) is 2.61. The summed E-state index contributed by atoms with van der Waals surface area (Å²) in [7, 11) is 1.97. The third-order valence-electron chi connectivity index (χ3n) is 4.87. The average molecular weight is 333 g/mol. The first kappa shape index (κ1) is 16.7. The molecule has 2 bridgehead atoms. The number of halogens is 4. The Bertz CT molecular complexity index is 576. The molecule has 3 nitrogen and oxygen atoms in total. The summed E-state index contributed by atoms with van der Waals surface area (Å²) in [5.41, 5.74) is -2.08. The smallest absolute Gasteiger partial charge is 0.389 e. The second kappa shape index (κ2) is 5.72. The van der Waals surface area contributed by atoms with E-state index in [1.165, 1.54) is 6.07 Å². The highest BCUT2D eigenvalue weighted by molar-refractivity contribution is 5.28. The highest BCUT2D eigenvalue weighted by atomic mass is 19.4. The number of rotatable bonds is 2. The minimum Gasteiger partial charge on any atom is -0.389 e. The molecule has 1 N–H and O–H groups in total. The molecule has 1 aromatic rings. The van der Waals surface area contributed by atoms with Gasteiger partial charge in [0.15, 0.2) is 0 Å². The van der Waals surface area contributed by atoms with E-state index in [2.05, 4.69) is 4.90 Å². The van der Waals surface area contributed by atoms with E-state index in [0.717, 1.165) is 12.1 Å². The fraction of sp³-hybridized carbons (Fsp3) is 0.625. The van der Waals surface area contributed by atoms with Crippen molar-refractivity contribution >= 4 is 0 Å². The molecule has 2 heterocycles. The van der Waals surface area contributed by atoms with Crippen molar-refractivity contribution in [1.29, 1.82) is 0 Å². The quantitative estimate of drug-likeness (QED) is 0.845. The number of hydrogen-bond donors (Lipinski definition) is 1. The molecular weight excluding hydrogens is 314 g/mol. The molecule has 0 saturated carbocycles. The van der Waals surface area contributed by atoms with Crippen LogP contribution < -0.4 is 0 Å². The summed E-state index contributed by atoms with van der Waals surface area (Å²) in [6, 6.07) is 3.04. The second-order valence-electron chi connectivity index (χ2n) is 6.63. The van der Waals surface area contributed by atoms with Crippen molar-refractivity contribution in [2.75, 3.05) is 20.3 Å². The Morgan fingerprint density at radius 2 is 1.87 bits per heavy atom. The van der Waals surface area contributed by atoms with Gasteiger partial charge in [0.1, 0.15) is 5.82 Å². The van der Waals surface area contributed by atoms with Crippen LogP contribution in [0.25, 0.3) is 0 Å². The van der Waals surface area contributed by atoms with Gasteiger partial charge >= 0.3 is 6.18 Å². The summed E-state index contributed by atoms with van der Waals surface area (Å²) in [6.07, 6.45) is -3.80. The van der Waals surface area contributed by atoms with Crippen molar-refractivity contribution in [2.45, 2.75) is 43.1 Å². The molecule has 0 aromatic heterocycles. The molecule has 2 fully saturated rings. The molecule has 2 saturated heterocycles. The van der Waals surface area contributed by atoms with Gasteiger partial charge in [-0.1, -0.05) is 6.07 Å². The molecule has 2 aliphatic heterocycles. The summed E-state index contributed by atoms with van der Waals surface area (Å²) in [5, 5.41) is 10.9. The standard InChI is InChI=1S/C16H19F4NO2/c1-21-11-6-15(22,7-12(21)9-23-8-11)5-10-2-3-14(17)13(4-10)16(18,19)20/h2-4,11-12,22H,5-9H2,1H3. The fourth-order valence-corrected chi connectivity index (χ4v) is 3.66. The van der Waals surface area contributed by atoms with Crippen LogP contribution in [0.4, 0.5) is 17.6 Å². The van der Waals surface area contributed by atoms with Crippen LogP contribution in [0, 0.1) is 5.82 Å². The third kappa shape index (κ3) is 3.36. The maximum absolute atomic E-state index is 13.4. The topological polar surface area (TPSA) is 32.7 Å². The number of hydrogen-bond acceptors (Lipinski definition) is 3. The minimum atomic E-state index is -4.74. The van der Waals surface area contributed by atoms with Crippen LogP contribution in [0.2, 0.25) is 0 Å². The molecule has 3 rings (SSSR count). The lowest BCUT2D eigenvalue weighted by molar-refractivity contribution is -0.140. The molecule has 2 atom stereocenters. The second-order valence-corrected chi connectivity index (χ2v) is 6.63. The van der Waals surface area contributed by atoms with Gasteiger partial charge in [-0.3, -0.25) is 4.90 Å². The van der Waals surface area contributed by atoms with E-state index in [1.54, 1.807) is 0 Å². The predicted molar refractivity (Wildman–Crippen MR) is 75.4 cm³/mol. The number of ether oxygens (including phenoxy) is 1. The van der Waals surface area contributed by atoms with Crippen LogP contribution in [0.15, 0.2) is 18.2 Å². The number of alkyl halides is 3. The van der Waals surface area contributed by atoms with Crippen LogP contribution in [-0.4, -0.2) is 48.0 Å². The lowest BCUT2D eigenvalue weighted by Crippen LogP contribution is -2.60. The number of piperidine rings is 1. The van der Waals surface area contributed by atoms with Gasteiger partial charge in [-0.05, 0) is 37.6 Å². The molecule has 2 unspecified atom stereocenters. The van der Waals surface area contributed by atoms with E-state index in [1.807, 2.05) is 7.05 Å². The van der Waals surface area contributed by atoms with E-state index in [9.17, 15) is 22.7 Å². The van der Waals surface area contributed by atoms with Crippen molar-refractivity contribution in [3.63, 3.8) is 0 Å². The number of benzene rings is 1. The largest absolute Gasteiger partial charge is 0.419 e. The molecule has 23 heavy (non-hydrogen) atoms. The van der Waals surface area contributed by atoms with Crippen molar-refractivity contribution in [3.8, 4) is 0 Å². The lowest BCUT2D eigenvalue weighted by Gasteiger charge is -2.50. The first-order valence-electron chi connectivity index (χ1n) is 7.56. The van der Waals surface area contributed by atoms with E-state index < -0.39 is 23.2 Å². The van der Waals surface area contributed by atoms with E-state index in [4.69, 9.17) is 4.74 Å². The summed E-state index contributed by atoms with van der Waals surface area (Å²) in [6.45, 7) is 1.01. The fourth-order valence-electron chi connectivity index (χ4n) is 3.66. The van der Waals surface area contributed by atoms with Crippen LogP contribution in [0.3, 0.4) is 0 Å². The molecule has 0 spiro atoms. The van der Waals surface area contributed by atoms with Gasteiger partial charge < -0.3 is 9.84 Å². The maximum atomic E-state index is 13.4. The highest BCUT2D eigenvalue weighted by Crippen LogP contribution is 2.37. The summed E-state index contributed by atoms with van der Waals surface area (Å²) in [5.74, 6) is -1.29. The Hall–Kier alpha value is -1.18. The van der Waals surface area contributed by atoms with E-state index in [0.29, 0.717) is 31.6 Å². The number of fused-ring (bicyclic) bond motifs is 2. The Labute approximate surface area is 131 Å². The molecule has 1 aromatic carbocycles. The van der Waals surface area contributed by atoms with E-state index in [-0.39, 0.29) is 18.5 Å². The molecule has 128 valence electrons. The zero-order chi connectivity index (χ0) is 16.8. The molecule has 0 aliphatic carbocycles. The van der Waals surface area contributed by atoms with Crippen molar-refractivity contribution < 1.29 is 27.4 Å².